The minimum atomic E-state index is -0.383. The molecule has 0 aliphatic heterocycles. The third kappa shape index (κ3) is 23.0. The summed E-state index contributed by atoms with van der Waals surface area (Å²) in [5, 5.41) is 0. The van der Waals surface area contributed by atoms with E-state index in [1.165, 1.54) is 88.2 Å². The van der Waals surface area contributed by atoms with Crippen molar-refractivity contribution >= 4 is 11.9 Å². The van der Waals surface area contributed by atoms with Crippen molar-refractivity contribution in [2.45, 2.75) is 220 Å². The predicted molar refractivity (Wildman–Crippen MR) is 323 cm³/mol. The Balaban J connectivity index is 0.761. The summed E-state index contributed by atoms with van der Waals surface area (Å²) in [5.41, 5.74) is 8.39. The maximum atomic E-state index is 15.2. The van der Waals surface area contributed by atoms with E-state index in [2.05, 4.69) is 27.7 Å². The first-order valence-electron chi connectivity index (χ1n) is 30.6. The van der Waals surface area contributed by atoms with Gasteiger partial charge >= 0.3 is 11.9 Å². The maximum Gasteiger partial charge on any atom is 0.343 e. The Bertz CT molecular complexity index is 2470. The van der Waals surface area contributed by atoms with Crippen LogP contribution in [0.1, 0.15) is 225 Å². The van der Waals surface area contributed by atoms with Crippen LogP contribution in [0.25, 0.3) is 22.3 Å². The molecule has 0 aliphatic carbocycles. The maximum absolute atomic E-state index is 15.2. The minimum absolute atomic E-state index is 0.179. The van der Waals surface area contributed by atoms with Crippen molar-refractivity contribution in [1.29, 1.82) is 0 Å². The zero-order chi connectivity index (χ0) is 55.9. The molecule has 6 rings (SSSR count). The van der Waals surface area contributed by atoms with Crippen LogP contribution in [-0.4, -0.2) is 24.1 Å². The average molecular weight is 1080 g/mol. The molecule has 6 aromatic carbocycles. The van der Waals surface area contributed by atoms with Gasteiger partial charge in [0.25, 0.3) is 0 Å². The highest BCUT2D eigenvalue weighted by Crippen LogP contribution is 2.28. The number of hydrogen-bond acceptors (Lipinski definition) is 5. The zero-order valence-corrected chi connectivity index (χ0v) is 48.5. The normalized spacial score (nSPS) is 12.1. The number of ether oxygens (including phenoxy) is 3. The summed E-state index contributed by atoms with van der Waals surface area (Å²) in [7, 11) is 0. The van der Waals surface area contributed by atoms with E-state index in [9.17, 15) is 9.59 Å². The molecule has 0 N–H and O–H groups in total. The quantitative estimate of drug-likeness (QED) is 0.0220. The molecule has 5 nitrogen and oxygen atoms in total. The summed E-state index contributed by atoms with van der Waals surface area (Å²) < 4.78 is 48.1. The second-order valence-electron chi connectivity index (χ2n) is 22.2. The molecule has 0 unspecified atom stereocenters. The molecule has 0 fully saturated rings. The Labute approximate surface area is 474 Å². The second-order valence-corrected chi connectivity index (χ2v) is 22.2. The molecule has 0 heterocycles. The van der Waals surface area contributed by atoms with Crippen LogP contribution in [0.3, 0.4) is 0 Å². The molecule has 2 atom stereocenters. The topological polar surface area (TPSA) is 61.8 Å². The van der Waals surface area contributed by atoms with Gasteiger partial charge in [0.1, 0.15) is 23.1 Å². The highest BCUT2D eigenvalue weighted by Gasteiger charge is 2.14. The molecule has 0 radical (unpaired) electrons. The van der Waals surface area contributed by atoms with Crippen LogP contribution < -0.4 is 9.47 Å². The van der Waals surface area contributed by atoms with Gasteiger partial charge in [-0.1, -0.05) is 202 Å². The van der Waals surface area contributed by atoms with E-state index in [1.807, 2.05) is 97.1 Å². The predicted octanol–water partition coefficient (Wildman–Crippen LogP) is 20.8. The number of benzene rings is 6. The lowest BCUT2D eigenvalue weighted by Crippen LogP contribution is -2.17. The third-order valence-electron chi connectivity index (χ3n) is 15.5. The molecule has 7 heteroatoms. The van der Waals surface area contributed by atoms with Crippen LogP contribution in [0, 0.1) is 11.6 Å². The lowest BCUT2D eigenvalue weighted by molar-refractivity contribution is -0.00232. The molecule has 0 bridgehead atoms. The smallest absolute Gasteiger partial charge is 0.343 e. The van der Waals surface area contributed by atoms with Gasteiger partial charge in [0.2, 0.25) is 0 Å². The van der Waals surface area contributed by atoms with E-state index < -0.39 is 0 Å². The lowest BCUT2D eigenvalue weighted by atomic mass is 9.99. The summed E-state index contributed by atoms with van der Waals surface area (Å²) in [5.74, 6) is -0.200. The highest BCUT2D eigenvalue weighted by atomic mass is 19.1. The van der Waals surface area contributed by atoms with Crippen LogP contribution in [0.2, 0.25) is 0 Å². The largest absolute Gasteiger partial charge is 0.423 e. The molecular formula is C72H92F2O5. The first kappa shape index (κ1) is 62.3. The number of hydrogen-bond donors (Lipinski definition) is 0. The van der Waals surface area contributed by atoms with Crippen molar-refractivity contribution in [2.75, 3.05) is 0 Å². The van der Waals surface area contributed by atoms with Crippen LogP contribution in [0.5, 0.6) is 11.5 Å². The van der Waals surface area contributed by atoms with Crippen molar-refractivity contribution in [1.82, 2.24) is 0 Å². The Morgan fingerprint density at radius 2 is 0.684 bits per heavy atom. The Hall–Kier alpha value is -5.92. The van der Waals surface area contributed by atoms with Crippen molar-refractivity contribution in [3.8, 4) is 33.8 Å². The van der Waals surface area contributed by atoms with Crippen LogP contribution in [-0.2, 0) is 30.4 Å². The first-order chi connectivity index (χ1) is 38.6. The van der Waals surface area contributed by atoms with Crippen molar-refractivity contribution in [2.24, 2.45) is 0 Å². The van der Waals surface area contributed by atoms with Gasteiger partial charge in [0, 0.05) is 0 Å². The lowest BCUT2D eigenvalue weighted by Gasteiger charge is -2.19. The fraction of sp³-hybridized carbons (Fsp3) is 0.472. The second kappa shape index (κ2) is 35.6. The Kier molecular flexibility index (Phi) is 28.1. The molecule has 0 saturated heterocycles. The van der Waals surface area contributed by atoms with Gasteiger partial charge in [-0.25, -0.2) is 18.4 Å². The number of carbonyl (C=O) groups excluding carboxylic acids is 2. The van der Waals surface area contributed by atoms with Crippen molar-refractivity contribution in [3.63, 3.8) is 0 Å². The van der Waals surface area contributed by atoms with E-state index in [4.69, 9.17) is 14.2 Å². The van der Waals surface area contributed by atoms with E-state index in [1.54, 1.807) is 36.4 Å². The van der Waals surface area contributed by atoms with Gasteiger partial charge in [-0.2, -0.15) is 0 Å². The molecule has 0 aromatic heterocycles. The molecule has 0 amide bonds. The standard InChI is InChI=1S/C72H92F2O5/c1-5-7-9-11-17-23-29-57-33-37-63(38-34-57)71(75)78-67-49-45-59(46-50-67)65-43-41-61(69(73)53-65)31-25-19-13-15-21-27-55(3)77-56(4)28-22-16-14-20-26-32-62-42-44-66(54-70(62)74)60-47-51-68(52-48-60)79-72(76)64-39-35-58(36-40-64)30-24-18-12-10-8-6-2/h33-56H,5-32H2,1-4H3/t55-,56-/m1/s1. The van der Waals surface area contributed by atoms with Crippen molar-refractivity contribution in [3.05, 3.63) is 178 Å². The Morgan fingerprint density at radius 3 is 1.04 bits per heavy atom. The summed E-state index contributed by atoms with van der Waals surface area (Å²) >= 11 is 0. The number of rotatable bonds is 38. The summed E-state index contributed by atoms with van der Waals surface area (Å²) in [6, 6.07) is 41.0. The van der Waals surface area contributed by atoms with Gasteiger partial charge in [-0.15, -0.1) is 0 Å². The molecule has 6 aromatic rings. The third-order valence-corrected chi connectivity index (χ3v) is 15.5. The molecule has 424 valence electrons. The number of halogens is 2. The monoisotopic (exact) mass is 1070 g/mol. The van der Waals surface area contributed by atoms with Gasteiger partial charge in [0.05, 0.1) is 23.3 Å². The van der Waals surface area contributed by atoms with Gasteiger partial charge < -0.3 is 14.2 Å². The van der Waals surface area contributed by atoms with Crippen LogP contribution in [0.4, 0.5) is 8.78 Å². The van der Waals surface area contributed by atoms with E-state index >= 15 is 8.78 Å². The molecular weight excluding hydrogens is 983 g/mol. The summed E-state index contributed by atoms with van der Waals surface area (Å²) in [6.45, 7) is 8.84. The van der Waals surface area contributed by atoms with Crippen LogP contribution in [0.15, 0.2) is 133 Å². The molecule has 0 aliphatic rings. The summed E-state index contributed by atoms with van der Waals surface area (Å²) in [4.78, 5) is 25.6. The summed E-state index contributed by atoms with van der Waals surface area (Å²) in [6.07, 6.45) is 32.1. The highest BCUT2D eigenvalue weighted by molar-refractivity contribution is 5.91. The number of unbranched alkanes of at least 4 members (excludes halogenated alkanes) is 18. The van der Waals surface area contributed by atoms with Crippen LogP contribution >= 0.6 is 0 Å². The zero-order valence-electron chi connectivity index (χ0n) is 48.5. The van der Waals surface area contributed by atoms with Gasteiger partial charge in [0.15, 0.2) is 0 Å². The number of esters is 2. The average Bonchev–Trinajstić information content (AvgIpc) is 3.46. The SMILES string of the molecule is CCCCCCCCc1ccc(C(=O)Oc2ccc(-c3ccc(CCCCCCC[C@@H](C)O[C@H](C)CCCCCCCc4ccc(-c5ccc(OC(=O)c6ccc(CCCCCCCC)cc6)cc5)cc4F)c(F)c3)cc2)cc1. The van der Waals surface area contributed by atoms with Crippen molar-refractivity contribution < 1.29 is 32.6 Å². The Morgan fingerprint density at radius 1 is 0.367 bits per heavy atom. The molecule has 0 spiro atoms. The fourth-order valence-corrected chi connectivity index (χ4v) is 10.5. The molecule has 0 saturated carbocycles. The van der Waals surface area contributed by atoms with E-state index in [0.717, 1.165) is 136 Å². The van der Waals surface area contributed by atoms with E-state index in [-0.39, 0.29) is 35.8 Å². The fourth-order valence-electron chi connectivity index (χ4n) is 10.5. The van der Waals surface area contributed by atoms with E-state index in [0.29, 0.717) is 22.6 Å². The number of aryl methyl sites for hydroxylation is 4. The van der Waals surface area contributed by atoms with Gasteiger partial charge in [-0.05, 0) is 183 Å². The van der Waals surface area contributed by atoms with Gasteiger partial charge in [-0.3, -0.25) is 0 Å². The number of carbonyl (C=O) groups is 2. The molecule has 79 heavy (non-hydrogen) atoms. The first-order valence-corrected chi connectivity index (χ1v) is 30.6. The minimum Gasteiger partial charge on any atom is -0.423 e.